The number of rotatable bonds is 5. The predicted octanol–water partition coefficient (Wildman–Crippen LogP) is 1.95. The van der Waals surface area contributed by atoms with Crippen LogP contribution in [-0.4, -0.2) is 35.7 Å². The fourth-order valence-corrected chi connectivity index (χ4v) is 1.51. The Morgan fingerprint density at radius 2 is 2.00 bits per heavy atom. The van der Waals surface area contributed by atoms with Gasteiger partial charge in [-0.1, -0.05) is 11.6 Å². The van der Waals surface area contributed by atoms with E-state index in [9.17, 15) is 9.59 Å². The molecule has 5 nitrogen and oxygen atoms in total. The zero-order valence-electron chi connectivity index (χ0n) is 9.18. The van der Waals surface area contributed by atoms with Gasteiger partial charge in [0.25, 0.3) is 0 Å². The van der Waals surface area contributed by atoms with E-state index >= 15 is 0 Å². The van der Waals surface area contributed by atoms with E-state index in [1.807, 2.05) is 0 Å². The van der Waals surface area contributed by atoms with Gasteiger partial charge in [0.2, 0.25) is 0 Å². The number of carbonyl (C=O) groups is 2. The van der Waals surface area contributed by atoms with Crippen molar-refractivity contribution in [1.29, 1.82) is 0 Å². The lowest BCUT2D eigenvalue weighted by Gasteiger charge is -2.18. The lowest BCUT2D eigenvalue weighted by Crippen LogP contribution is -2.21. The molecule has 0 spiro atoms. The third-order valence-electron chi connectivity index (χ3n) is 2.28. The molecule has 0 bridgehead atoms. The van der Waals surface area contributed by atoms with Gasteiger partial charge in [-0.2, -0.15) is 0 Å². The molecule has 0 saturated heterocycles. The maximum absolute atomic E-state index is 10.9. The molecule has 0 aliphatic rings. The highest BCUT2D eigenvalue weighted by Crippen LogP contribution is 2.22. The molecule has 0 heterocycles. The molecule has 0 amide bonds. The average Bonchev–Trinajstić information content (AvgIpc) is 2.26. The molecular weight excluding hydrogens is 246 g/mol. The molecule has 92 valence electrons. The first-order chi connectivity index (χ1) is 7.91. The summed E-state index contributed by atoms with van der Waals surface area (Å²) in [6.07, 6.45) is -0.0124. The van der Waals surface area contributed by atoms with Crippen LogP contribution in [0.3, 0.4) is 0 Å². The second-order valence-electron chi connectivity index (χ2n) is 3.53. The van der Waals surface area contributed by atoms with Crippen molar-refractivity contribution < 1.29 is 19.8 Å². The van der Waals surface area contributed by atoms with Crippen molar-refractivity contribution in [1.82, 2.24) is 0 Å². The summed E-state index contributed by atoms with van der Waals surface area (Å²) in [5.74, 6) is -2.01. The van der Waals surface area contributed by atoms with Crippen LogP contribution in [-0.2, 0) is 4.79 Å². The fourth-order valence-electron chi connectivity index (χ4n) is 1.31. The Hall–Kier alpha value is -1.75. The lowest BCUT2D eigenvalue weighted by molar-refractivity contribution is -0.136. The van der Waals surface area contributed by atoms with Crippen molar-refractivity contribution in [3.8, 4) is 0 Å². The molecule has 0 unspecified atom stereocenters. The van der Waals surface area contributed by atoms with Crippen LogP contribution in [0, 0.1) is 0 Å². The minimum Gasteiger partial charge on any atom is -0.481 e. The first kappa shape index (κ1) is 13.3. The van der Waals surface area contributed by atoms with Crippen LogP contribution in [0.2, 0.25) is 5.02 Å². The highest BCUT2D eigenvalue weighted by Gasteiger charge is 2.11. The van der Waals surface area contributed by atoms with E-state index in [4.69, 9.17) is 21.8 Å². The smallest absolute Gasteiger partial charge is 0.337 e. The van der Waals surface area contributed by atoms with Crippen LogP contribution in [0.1, 0.15) is 16.8 Å². The molecule has 1 aromatic carbocycles. The Balaban J connectivity index is 2.87. The monoisotopic (exact) mass is 257 g/mol. The Morgan fingerprint density at radius 1 is 1.35 bits per heavy atom. The van der Waals surface area contributed by atoms with Gasteiger partial charge >= 0.3 is 11.9 Å². The molecule has 0 radical (unpaired) electrons. The summed E-state index contributed by atoms with van der Waals surface area (Å²) in [4.78, 5) is 23.0. The molecule has 6 heteroatoms. The van der Waals surface area contributed by atoms with Gasteiger partial charge < -0.3 is 15.1 Å². The van der Waals surface area contributed by atoms with Gasteiger partial charge in [0, 0.05) is 19.3 Å². The highest BCUT2D eigenvalue weighted by molar-refractivity contribution is 6.33. The summed E-state index contributed by atoms with van der Waals surface area (Å²) in [5.41, 5.74) is 0.624. The molecule has 0 saturated carbocycles. The quantitative estimate of drug-likeness (QED) is 0.843. The van der Waals surface area contributed by atoms with Gasteiger partial charge in [0.1, 0.15) is 0 Å². The normalized spacial score (nSPS) is 10.0. The molecule has 0 fully saturated rings. The number of benzene rings is 1. The van der Waals surface area contributed by atoms with Gasteiger partial charge in [0.15, 0.2) is 0 Å². The van der Waals surface area contributed by atoms with Crippen LogP contribution < -0.4 is 4.90 Å². The number of hydrogen-bond donors (Lipinski definition) is 2. The standard InChI is InChI=1S/C11H12ClNO4/c1-13(5-4-10(14)15)7-2-3-9(12)8(6-7)11(16)17/h2-3,6H,4-5H2,1H3,(H,14,15)(H,16,17). The van der Waals surface area contributed by atoms with E-state index in [2.05, 4.69) is 0 Å². The second kappa shape index (κ2) is 5.54. The largest absolute Gasteiger partial charge is 0.481 e. The molecular formula is C11H12ClNO4. The Labute approximate surface area is 103 Å². The minimum absolute atomic E-state index is 0.00587. The van der Waals surface area contributed by atoms with E-state index < -0.39 is 11.9 Å². The summed E-state index contributed by atoms with van der Waals surface area (Å²) in [6, 6.07) is 4.56. The molecule has 2 N–H and O–H groups in total. The minimum atomic E-state index is -1.11. The number of halogens is 1. The highest BCUT2D eigenvalue weighted by atomic mass is 35.5. The number of nitrogens with zero attached hydrogens (tertiary/aromatic N) is 1. The number of hydrogen-bond acceptors (Lipinski definition) is 3. The molecule has 17 heavy (non-hydrogen) atoms. The maximum atomic E-state index is 10.9. The molecule has 0 aliphatic heterocycles. The van der Waals surface area contributed by atoms with Crippen LogP contribution >= 0.6 is 11.6 Å². The summed E-state index contributed by atoms with van der Waals surface area (Å²) in [6.45, 7) is 0.302. The van der Waals surface area contributed by atoms with Crippen LogP contribution in [0.5, 0.6) is 0 Å². The number of anilines is 1. The average molecular weight is 258 g/mol. The van der Waals surface area contributed by atoms with Gasteiger partial charge in [-0.25, -0.2) is 4.79 Å². The molecule has 0 aliphatic carbocycles. The van der Waals surface area contributed by atoms with Crippen molar-refractivity contribution in [2.45, 2.75) is 6.42 Å². The van der Waals surface area contributed by atoms with E-state index in [-0.39, 0.29) is 17.0 Å². The number of carboxylic acids is 2. The van der Waals surface area contributed by atoms with E-state index in [1.165, 1.54) is 12.1 Å². The summed E-state index contributed by atoms with van der Waals surface area (Å²) in [7, 11) is 1.69. The fraction of sp³-hybridized carbons (Fsp3) is 0.273. The van der Waals surface area contributed by atoms with Gasteiger partial charge in [-0.05, 0) is 18.2 Å². The SMILES string of the molecule is CN(CCC(=O)O)c1ccc(Cl)c(C(=O)O)c1. The number of aromatic carboxylic acids is 1. The van der Waals surface area contributed by atoms with Crippen LogP contribution in [0.25, 0.3) is 0 Å². The van der Waals surface area contributed by atoms with E-state index in [0.717, 1.165) is 0 Å². The first-order valence-electron chi connectivity index (χ1n) is 4.87. The van der Waals surface area contributed by atoms with Crippen molar-refractivity contribution in [3.05, 3.63) is 28.8 Å². The lowest BCUT2D eigenvalue weighted by atomic mass is 10.2. The van der Waals surface area contributed by atoms with Crippen molar-refractivity contribution in [2.75, 3.05) is 18.5 Å². The topological polar surface area (TPSA) is 77.8 Å². The van der Waals surface area contributed by atoms with Crippen LogP contribution in [0.15, 0.2) is 18.2 Å². The van der Waals surface area contributed by atoms with Gasteiger partial charge in [0.05, 0.1) is 17.0 Å². The van der Waals surface area contributed by atoms with Crippen molar-refractivity contribution >= 4 is 29.2 Å². The van der Waals surface area contributed by atoms with E-state index in [1.54, 1.807) is 18.0 Å². The molecule has 1 rings (SSSR count). The predicted molar refractivity (Wildman–Crippen MR) is 63.9 cm³/mol. The Morgan fingerprint density at radius 3 is 2.53 bits per heavy atom. The summed E-state index contributed by atoms with van der Waals surface area (Å²) >= 11 is 5.73. The number of aliphatic carboxylic acids is 1. The molecule has 1 aromatic rings. The first-order valence-corrected chi connectivity index (χ1v) is 5.25. The Kier molecular flexibility index (Phi) is 4.34. The maximum Gasteiger partial charge on any atom is 0.337 e. The van der Waals surface area contributed by atoms with Crippen molar-refractivity contribution in [2.24, 2.45) is 0 Å². The third-order valence-corrected chi connectivity index (χ3v) is 2.61. The van der Waals surface area contributed by atoms with Crippen molar-refractivity contribution in [3.63, 3.8) is 0 Å². The number of carboxylic acid groups (broad SMARTS) is 2. The Bertz CT molecular complexity index is 447. The third kappa shape index (κ3) is 3.64. The zero-order chi connectivity index (χ0) is 13.0. The summed E-state index contributed by atoms with van der Waals surface area (Å²) < 4.78 is 0. The van der Waals surface area contributed by atoms with Crippen LogP contribution in [0.4, 0.5) is 5.69 Å². The molecule has 0 aromatic heterocycles. The molecule has 0 atom stereocenters. The summed E-state index contributed by atoms with van der Waals surface area (Å²) in [5, 5.41) is 17.6. The van der Waals surface area contributed by atoms with Gasteiger partial charge in [-0.3, -0.25) is 4.79 Å². The second-order valence-corrected chi connectivity index (χ2v) is 3.94. The van der Waals surface area contributed by atoms with E-state index in [0.29, 0.717) is 12.2 Å². The zero-order valence-corrected chi connectivity index (χ0v) is 9.94. The van der Waals surface area contributed by atoms with Gasteiger partial charge in [-0.15, -0.1) is 0 Å².